The van der Waals surface area contributed by atoms with Crippen molar-refractivity contribution in [1.29, 1.82) is 0 Å². The molecule has 0 amide bonds. The second-order valence-corrected chi connectivity index (χ2v) is 5.91. The van der Waals surface area contributed by atoms with Crippen molar-refractivity contribution in [2.45, 2.75) is 6.54 Å². The number of halogens is 1. The van der Waals surface area contributed by atoms with E-state index in [9.17, 15) is 9.90 Å². The van der Waals surface area contributed by atoms with Crippen LogP contribution in [0.3, 0.4) is 0 Å². The lowest BCUT2D eigenvalue weighted by Gasteiger charge is -2.22. The molecule has 1 aromatic carbocycles. The predicted octanol–water partition coefficient (Wildman–Crippen LogP) is 1.87. The number of nitrogens with zero attached hydrogens (tertiary/aromatic N) is 1. The van der Waals surface area contributed by atoms with Gasteiger partial charge in [0.15, 0.2) is 0 Å². The number of hydrogen-bond acceptors (Lipinski definition) is 3. The number of aliphatic carboxylic acids is 1. The Labute approximate surface area is 116 Å². The van der Waals surface area contributed by atoms with Gasteiger partial charge < -0.3 is 9.84 Å². The van der Waals surface area contributed by atoms with Gasteiger partial charge >= 0.3 is 5.97 Å². The molecule has 5 heteroatoms. The van der Waals surface area contributed by atoms with E-state index in [1.807, 2.05) is 24.3 Å². The number of benzene rings is 1. The Kier molecular flexibility index (Phi) is 3.25. The molecule has 2 aliphatic rings. The summed E-state index contributed by atoms with van der Waals surface area (Å²) in [4.78, 5) is 13.7. The van der Waals surface area contributed by atoms with Gasteiger partial charge in [-0.15, -0.1) is 0 Å². The second-order valence-electron chi connectivity index (χ2n) is 5.47. The maximum absolute atomic E-state index is 11.5. The lowest BCUT2D eigenvalue weighted by molar-refractivity contribution is -0.149. The third kappa shape index (κ3) is 2.24. The third-order valence-corrected chi connectivity index (χ3v) is 4.40. The fraction of sp³-hybridized carbons (Fsp3) is 0.500. The Morgan fingerprint density at radius 1 is 1.58 bits per heavy atom. The van der Waals surface area contributed by atoms with Crippen LogP contribution in [-0.2, 0) is 16.1 Å². The van der Waals surface area contributed by atoms with E-state index in [1.165, 1.54) is 0 Å². The molecule has 2 saturated heterocycles. The van der Waals surface area contributed by atoms with Crippen LogP contribution in [0.5, 0.6) is 0 Å². The van der Waals surface area contributed by atoms with Crippen molar-refractivity contribution >= 4 is 17.6 Å². The van der Waals surface area contributed by atoms with Crippen LogP contribution in [0.2, 0.25) is 5.02 Å². The normalized spacial score (nSPS) is 30.5. The Hall–Kier alpha value is -1.10. The molecule has 19 heavy (non-hydrogen) atoms. The van der Waals surface area contributed by atoms with Gasteiger partial charge in [-0.05, 0) is 17.7 Å². The van der Waals surface area contributed by atoms with E-state index in [0.717, 1.165) is 18.7 Å². The smallest absolute Gasteiger partial charge is 0.313 e. The first-order valence-corrected chi connectivity index (χ1v) is 6.76. The Morgan fingerprint density at radius 2 is 2.42 bits per heavy atom. The van der Waals surface area contributed by atoms with Crippen LogP contribution in [0.15, 0.2) is 24.3 Å². The highest BCUT2D eigenvalue weighted by atomic mass is 35.5. The fourth-order valence-corrected chi connectivity index (χ4v) is 3.37. The van der Waals surface area contributed by atoms with Gasteiger partial charge in [0.2, 0.25) is 0 Å². The molecule has 0 aliphatic carbocycles. The summed E-state index contributed by atoms with van der Waals surface area (Å²) in [6, 6.07) is 7.71. The number of fused-ring (bicyclic) bond motifs is 1. The molecule has 0 radical (unpaired) electrons. The molecule has 2 aliphatic heterocycles. The Morgan fingerprint density at radius 3 is 3.11 bits per heavy atom. The predicted molar refractivity (Wildman–Crippen MR) is 71.1 cm³/mol. The highest BCUT2D eigenvalue weighted by Gasteiger charge is 2.55. The second kappa shape index (κ2) is 4.78. The number of carboxylic acids is 1. The Balaban J connectivity index is 1.74. The first kappa shape index (κ1) is 12.9. The van der Waals surface area contributed by atoms with E-state index < -0.39 is 11.4 Å². The monoisotopic (exact) mass is 281 g/mol. The molecule has 2 atom stereocenters. The van der Waals surface area contributed by atoms with Crippen molar-refractivity contribution in [2.24, 2.45) is 11.3 Å². The topological polar surface area (TPSA) is 49.8 Å². The highest BCUT2D eigenvalue weighted by Crippen LogP contribution is 2.41. The summed E-state index contributed by atoms with van der Waals surface area (Å²) in [5.74, 6) is -0.632. The van der Waals surface area contributed by atoms with Crippen molar-refractivity contribution in [1.82, 2.24) is 4.90 Å². The minimum absolute atomic E-state index is 0.101. The van der Waals surface area contributed by atoms with E-state index in [-0.39, 0.29) is 5.92 Å². The van der Waals surface area contributed by atoms with Gasteiger partial charge in [-0.25, -0.2) is 0 Å². The van der Waals surface area contributed by atoms with Gasteiger partial charge in [-0.2, -0.15) is 0 Å². The molecular formula is C14H16ClNO3. The third-order valence-electron chi connectivity index (χ3n) is 4.17. The largest absolute Gasteiger partial charge is 0.481 e. The van der Waals surface area contributed by atoms with E-state index >= 15 is 0 Å². The minimum atomic E-state index is -0.733. The minimum Gasteiger partial charge on any atom is -0.481 e. The van der Waals surface area contributed by atoms with Crippen LogP contribution < -0.4 is 0 Å². The molecule has 102 valence electrons. The summed E-state index contributed by atoms with van der Waals surface area (Å²) >= 11 is 5.97. The molecule has 2 fully saturated rings. The number of likely N-dealkylation sites (tertiary alicyclic amines) is 1. The number of ether oxygens (including phenoxy) is 1. The summed E-state index contributed by atoms with van der Waals surface area (Å²) in [5, 5.41) is 10.2. The van der Waals surface area contributed by atoms with Gasteiger partial charge in [0, 0.05) is 30.6 Å². The van der Waals surface area contributed by atoms with Gasteiger partial charge in [0.05, 0.1) is 13.2 Å². The van der Waals surface area contributed by atoms with Crippen molar-refractivity contribution in [3.8, 4) is 0 Å². The molecule has 0 bridgehead atoms. The van der Waals surface area contributed by atoms with Crippen LogP contribution in [0.4, 0.5) is 0 Å². The van der Waals surface area contributed by atoms with Crippen LogP contribution in [0.1, 0.15) is 5.56 Å². The Bertz CT molecular complexity index is 507. The average Bonchev–Trinajstić information content (AvgIpc) is 2.86. The standard InChI is InChI=1S/C14H16ClNO3/c15-12-3-1-2-10(4-12)5-16-6-11-7-19-9-14(11,8-16)13(17)18/h1-4,11H,5-9H2,(H,17,18)/t11-,14-/m1/s1. The maximum Gasteiger partial charge on any atom is 0.313 e. The summed E-state index contributed by atoms with van der Waals surface area (Å²) in [7, 11) is 0. The lowest BCUT2D eigenvalue weighted by Crippen LogP contribution is -2.38. The average molecular weight is 282 g/mol. The molecule has 3 rings (SSSR count). The highest BCUT2D eigenvalue weighted by molar-refractivity contribution is 6.30. The van der Waals surface area contributed by atoms with Crippen LogP contribution in [0.25, 0.3) is 0 Å². The summed E-state index contributed by atoms with van der Waals surface area (Å²) in [5.41, 5.74) is 0.410. The molecule has 1 aromatic rings. The zero-order valence-electron chi connectivity index (χ0n) is 10.5. The van der Waals surface area contributed by atoms with Crippen molar-refractivity contribution in [3.63, 3.8) is 0 Å². The number of carboxylic acid groups (broad SMARTS) is 1. The van der Waals surface area contributed by atoms with Crippen molar-refractivity contribution < 1.29 is 14.6 Å². The quantitative estimate of drug-likeness (QED) is 0.919. The number of rotatable bonds is 3. The van der Waals surface area contributed by atoms with Crippen molar-refractivity contribution in [3.05, 3.63) is 34.9 Å². The van der Waals surface area contributed by atoms with E-state index in [0.29, 0.717) is 24.8 Å². The molecule has 0 aromatic heterocycles. The summed E-state index contributed by atoms with van der Waals surface area (Å²) < 4.78 is 5.37. The van der Waals surface area contributed by atoms with Gasteiger partial charge in [-0.3, -0.25) is 9.69 Å². The first-order valence-electron chi connectivity index (χ1n) is 6.38. The van der Waals surface area contributed by atoms with Crippen molar-refractivity contribution in [2.75, 3.05) is 26.3 Å². The first-order chi connectivity index (χ1) is 9.10. The molecule has 2 heterocycles. The summed E-state index contributed by atoms with van der Waals surface area (Å²) in [6.45, 7) is 2.96. The molecule has 0 spiro atoms. The van der Waals surface area contributed by atoms with E-state index in [2.05, 4.69) is 4.90 Å². The lowest BCUT2D eigenvalue weighted by atomic mass is 9.81. The zero-order chi connectivity index (χ0) is 13.5. The van der Waals surface area contributed by atoms with Gasteiger partial charge in [-0.1, -0.05) is 23.7 Å². The van der Waals surface area contributed by atoms with Crippen LogP contribution >= 0.6 is 11.6 Å². The zero-order valence-corrected chi connectivity index (χ0v) is 11.3. The van der Waals surface area contributed by atoms with E-state index in [1.54, 1.807) is 0 Å². The molecular weight excluding hydrogens is 266 g/mol. The molecule has 0 saturated carbocycles. The molecule has 4 nitrogen and oxygen atoms in total. The van der Waals surface area contributed by atoms with Crippen LogP contribution in [-0.4, -0.2) is 42.3 Å². The molecule has 1 N–H and O–H groups in total. The molecule has 0 unspecified atom stereocenters. The SMILES string of the molecule is O=C(O)[C@]12COC[C@H]1CN(Cc1cccc(Cl)c1)C2. The number of hydrogen-bond donors (Lipinski definition) is 1. The van der Waals surface area contributed by atoms with Crippen LogP contribution in [0, 0.1) is 11.3 Å². The fourth-order valence-electron chi connectivity index (χ4n) is 3.16. The summed E-state index contributed by atoms with van der Waals surface area (Å²) in [6.07, 6.45) is 0. The maximum atomic E-state index is 11.5. The van der Waals surface area contributed by atoms with Gasteiger partial charge in [0.1, 0.15) is 5.41 Å². The van der Waals surface area contributed by atoms with E-state index in [4.69, 9.17) is 16.3 Å². The number of carbonyl (C=O) groups is 1. The van der Waals surface area contributed by atoms with Gasteiger partial charge in [0.25, 0.3) is 0 Å².